The molecule has 0 fully saturated rings. The summed E-state index contributed by atoms with van der Waals surface area (Å²) in [5.41, 5.74) is 1.47. The molecule has 5 nitrogen and oxygen atoms in total. The van der Waals surface area contributed by atoms with Crippen LogP contribution in [0.1, 0.15) is 10.4 Å². The van der Waals surface area contributed by atoms with Crippen LogP contribution in [0.4, 0.5) is 0 Å². The molecular weight excluding hydrogens is 292 g/mol. The van der Waals surface area contributed by atoms with Crippen LogP contribution in [-0.2, 0) is 9.84 Å². The standard InChI is InChI=1S/C15H14O5S/c1-20-15-7-11(9-16)13(8-14(15)17)10-3-5-12(6-4-10)21(2,18)19/h3-9,17H,1-2H3. The van der Waals surface area contributed by atoms with Gasteiger partial charge in [0.05, 0.1) is 12.0 Å². The van der Waals surface area contributed by atoms with Crippen molar-refractivity contribution in [2.75, 3.05) is 13.4 Å². The summed E-state index contributed by atoms with van der Waals surface area (Å²) in [6.07, 6.45) is 1.78. The van der Waals surface area contributed by atoms with E-state index in [1.165, 1.54) is 31.4 Å². The van der Waals surface area contributed by atoms with Crippen LogP contribution in [0.15, 0.2) is 41.3 Å². The molecule has 0 unspecified atom stereocenters. The van der Waals surface area contributed by atoms with Crippen molar-refractivity contribution in [2.45, 2.75) is 4.90 Å². The van der Waals surface area contributed by atoms with Crippen molar-refractivity contribution in [2.24, 2.45) is 0 Å². The Morgan fingerprint density at radius 1 is 1.14 bits per heavy atom. The third kappa shape index (κ3) is 3.05. The molecule has 0 aromatic heterocycles. The molecule has 0 saturated carbocycles. The number of aldehydes is 1. The van der Waals surface area contributed by atoms with E-state index in [0.29, 0.717) is 23.0 Å². The van der Waals surface area contributed by atoms with E-state index in [9.17, 15) is 18.3 Å². The number of sulfone groups is 1. The summed E-state index contributed by atoms with van der Waals surface area (Å²) >= 11 is 0. The second-order valence-corrected chi connectivity index (χ2v) is 6.54. The second-order valence-electron chi connectivity index (χ2n) is 4.53. The molecule has 1 N–H and O–H groups in total. The summed E-state index contributed by atoms with van der Waals surface area (Å²) in [7, 11) is -1.88. The molecule has 0 aliphatic rings. The number of hydrogen-bond acceptors (Lipinski definition) is 5. The van der Waals surface area contributed by atoms with Gasteiger partial charge in [0.1, 0.15) is 0 Å². The first-order chi connectivity index (χ1) is 9.86. The number of benzene rings is 2. The zero-order valence-electron chi connectivity index (χ0n) is 11.5. The van der Waals surface area contributed by atoms with Crippen LogP contribution in [0.5, 0.6) is 11.5 Å². The molecule has 110 valence electrons. The molecule has 0 spiro atoms. The number of phenolic OH excluding ortho intramolecular Hbond substituents is 1. The summed E-state index contributed by atoms with van der Waals surface area (Å²) in [6, 6.07) is 8.94. The summed E-state index contributed by atoms with van der Waals surface area (Å²) in [5.74, 6) is 0.110. The Kier molecular flexibility index (Phi) is 3.99. The monoisotopic (exact) mass is 306 g/mol. The molecule has 0 amide bonds. The lowest BCUT2D eigenvalue weighted by Crippen LogP contribution is -1.97. The van der Waals surface area contributed by atoms with E-state index in [1.54, 1.807) is 12.1 Å². The van der Waals surface area contributed by atoms with Crippen LogP contribution in [0.25, 0.3) is 11.1 Å². The van der Waals surface area contributed by atoms with Crippen LogP contribution < -0.4 is 4.74 Å². The molecule has 0 aliphatic heterocycles. The maximum absolute atomic E-state index is 11.4. The second kappa shape index (κ2) is 5.57. The number of aromatic hydroxyl groups is 1. The van der Waals surface area contributed by atoms with Gasteiger partial charge in [-0.3, -0.25) is 4.79 Å². The number of phenols is 1. The molecule has 2 aromatic rings. The van der Waals surface area contributed by atoms with Gasteiger partial charge in [-0.05, 0) is 35.4 Å². The highest BCUT2D eigenvalue weighted by molar-refractivity contribution is 7.90. The van der Waals surface area contributed by atoms with E-state index in [0.717, 1.165) is 6.26 Å². The van der Waals surface area contributed by atoms with Gasteiger partial charge in [0.25, 0.3) is 0 Å². The van der Waals surface area contributed by atoms with Crippen molar-refractivity contribution in [3.63, 3.8) is 0 Å². The molecule has 2 aromatic carbocycles. The Bertz CT molecular complexity index is 776. The van der Waals surface area contributed by atoms with Crippen LogP contribution in [-0.4, -0.2) is 33.2 Å². The minimum atomic E-state index is -3.28. The Hall–Kier alpha value is -2.34. The van der Waals surface area contributed by atoms with Crippen molar-refractivity contribution < 1.29 is 23.1 Å². The smallest absolute Gasteiger partial charge is 0.175 e. The highest BCUT2D eigenvalue weighted by Crippen LogP contribution is 2.34. The maximum atomic E-state index is 11.4. The van der Waals surface area contributed by atoms with Crippen LogP contribution in [0.3, 0.4) is 0 Å². The van der Waals surface area contributed by atoms with Crippen molar-refractivity contribution in [3.05, 3.63) is 42.0 Å². The van der Waals surface area contributed by atoms with Crippen molar-refractivity contribution >= 4 is 16.1 Å². The largest absolute Gasteiger partial charge is 0.504 e. The zero-order valence-corrected chi connectivity index (χ0v) is 12.3. The zero-order chi connectivity index (χ0) is 15.6. The Labute approximate surface area is 122 Å². The minimum Gasteiger partial charge on any atom is -0.504 e. The number of carbonyl (C=O) groups excluding carboxylic acids is 1. The van der Waals surface area contributed by atoms with E-state index >= 15 is 0 Å². The van der Waals surface area contributed by atoms with Gasteiger partial charge in [-0.1, -0.05) is 12.1 Å². The van der Waals surface area contributed by atoms with Crippen molar-refractivity contribution in [3.8, 4) is 22.6 Å². The van der Waals surface area contributed by atoms with Crippen LogP contribution >= 0.6 is 0 Å². The van der Waals surface area contributed by atoms with Gasteiger partial charge in [-0.2, -0.15) is 0 Å². The average Bonchev–Trinajstić information content (AvgIpc) is 2.46. The third-order valence-electron chi connectivity index (χ3n) is 3.07. The number of carbonyl (C=O) groups is 1. The van der Waals surface area contributed by atoms with Crippen molar-refractivity contribution in [1.29, 1.82) is 0 Å². The molecule has 6 heteroatoms. The highest BCUT2D eigenvalue weighted by atomic mass is 32.2. The highest BCUT2D eigenvalue weighted by Gasteiger charge is 2.12. The molecule has 0 heterocycles. The van der Waals surface area contributed by atoms with Gasteiger partial charge >= 0.3 is 0 Å². The SMILES string of the molecule is COc1cc(C=O)c(-c2ccc(S(C)(=O)=O)cc2)cc1O. The number of hydrogen-bond donors (Lipinski definition) is 1. The lowest BCUT2D eigenvalue weighted by Gasteiger charge is -2.10. The lowest BCUT2D eigenvalue weighted by molar-refractivity contribution is 0.112. The summed E-state index contributed by atoms with van der Waals surface area (Å²) in [6.45, 7) is 0. The van der Waals surface area contributed by atoms with Crippen LogP contribution in [0.2, 0.25) is 0 Å². The van der Waals surface area contributed by atoms with Gasteiger partial charge in [-0.15, -0.1) is 0 Å². The van der Waals surface area contributed by atoms with E-state index < -0.39 is 9.84 Å². The Balaban J connectivity index is 2.56. The quantitative estimate of drug-likeness (QED) is 0.877. The van der Waals surface area contributed by atoms with E-state index in [4.69, 9.17) is 4.74 Å². The normalized spacial score (nSPS) is 11.1. The molecule has 0 saturated heterocycles. The average molecular weight is 306 g/mol. The first-order valence-corrected chi connectivity index (χ1v) is 7.92. The minimum absolute atomic E-state index is 0.0923. The molecule has 0 radical (unpaired) electrons. The molecular formula is C15H14O5S. The molecule has 21 heavy (non-hydrogen) atoms. The Morgan fingerprint density at radius 3 is 2.24 bits per heavy atom. The maximum Gasteiger partial charge on any atom is 0.175 e. The van der Waals surface area contributed by atoms with E-state index in [1.807, 2.05) is 0 Å². The van der Waals surface area contributed by atoms with Gasteiger partial charge in [0, 0.05) is 11.8 Å². The number of ether oxygens (including phenoxy) is 1. The Morgan fingerprint density at radius 2 is 1.76 bits per heavy atom. The molecule has 0 bridgehead atoms. The summed E-state index contributed by atoms with van der Waals surface area (Å²) < 4.78 is 27.8. The van der Waals surface area contributed by atoms with Gasteiger partial charge < -0.3 is 9.84 Å². The predicted octanol–water partition coefficient (Wildman–Crippen LogP) is 2.28. The fourth-order valence-corrected chi connectivity index (χ4v) is 2.61. The van der Waals surface area contributed by atoms with E-state index in [2.05, 4.69) is 0 Å². The van der Waals surface area contributed by atoms with Crippen LogP contribution in [0, 0.1) is 0 Å². The topological polar surface area (TPSA) is 80.7 Å². The fourth-order valence-electron chi connectivity index (χ4n) is 1.98. The first kappa shape index (κ1) is 15.1. The fraction of sp³-hybridized carbons (Fsp3) is 0.133. The lowest BCUT2D eigenvalue weighted by atomic mass is 9.99. The van der Waals surface area contributed by atoms with Crippen molar-refractivity contribution in [1.82, 2.24) is 0 Å². The summed E-state index contributed by atoms with van der Waals surface area (Å²) in [5, 5.41) is 9.82. The predicted molar refractivity (Wildman–Crippen MR) is 78.6 cm³/mol. The van der Waals surface area contributed by atoms with Gasteiger partial charge in [-0.25, -0.2) is 8.42 Å². The van der Waals surface area contributed by atoms with Gasteiger partial charge in [0.15, 0.2) is 27.6 Å². The van der Waals surface area contributed by atoms with Gasteiger partial charge in [0.2, 0.25) is 0 Å². The number of methoxy groups -OCH3 is 1. The molecule has 0 atom stereocenters. The summed E-state index contributed by atoms with van der Waals surface area (Å²) in [4.78, 5) is 11.4. The molecule has 0 aliphatic carbocycles. The molecule has 2 rings (SSSR count). The third-order valence-corrected chi connectivity index (χ3v) is 4.20. The van der Waals surface area contributed by atoms with E-state index in [-0.39, 0.29) is 16.4 Å². The number of rotatable bonds is 4. The first-order valence-electron chi connectivity index (χ1n) is 6.03.